The molecule has 11 heteroatoms. The summed E-state index contributed by atoms with van der Waals surface area (Å²) in [7, 11) is 0. The Morgan fingerprint density at radius 3 is 2.14 bits per heavy atom. The van der Waals surface area contributed by atoms with Crippen molar-refractivity contribution in [2.75, 3.05) is 0 Å². The van der Waals surface area contributed by atoms with Gasteiger partial charge >= 0.3 is 17.3 Å². The predicted octanol–water partition coefficient (Wildman–Crippen LogP) is 3.83. The summed E-state index contributed by atoms with van der Waals surface area (Å²) in [6.45, 7) is 1.37. The highest BCUT2D eigenvalue weighted by atomic mass is 79.9. The van der Waals surface area contributed by atoms with Crippen LogP contribution < -0.4 is 0 Å². The van der Waals surface area contributed by atoms with Crippen LogP contribution in [-0.2, 0) is 4.79 Å². The first kappa shape index (κ1) is 17.8. The molecule has 0 bridgehead atoms. The molecule has 0 aliphatic carbocycles. The number of alkyl halides is 2. The molecule has 1 aromatic rings. The summed E-state index contributed by atoms with van der Waals surface area (Å²) in [6.07, 6.45) is 0. The van der Waals surface area contributed by atoms with Crippen LogP contribution in [0.3, 0.4) is 0 Å². The van der Waals surface area contributed by atoms with E-state index in [9.17, 15) is 25.0 Å². The van der Waals surface area contributed by atoms with Crippen LogP contribution >= 0.6 is 43.5 Å². The van der Waals surface area contributed by atoms with Gasteiger partial charge in [-0.1, -0.05) is 50.4 Å². The summed E-state index contributed by atoms with van der Waals surface area (Å²) < 4.78 is -1.72. The highest BCUT2D eigenvalue weighted by molar-refractivity contribution is 9.26. The monoisotopic (exact) mass is 444 g/mol. The van der Waals surface area contributed by atoms with Gasteiger partial charge in [0.15, 0.2) is 3.23 Å². The molecule has 0 saturated heterocycles. The number of rotatable bonds is 5. The van der Waals surface area contributed by atoms with E-state index in [1.54, 1.807) is 0 Å². The molecule has 1 atom stereocenters. The first-order chi connectivity index (χ1) is 9.51. The van der Waals surface area contributed by atoms with Gasteiger partial charge in [0.1, 0.15) is 5.02 Å². The van der Waals surface area contributed by atoms with Crippen molar-refractivity contribution in [3.63, 3.8) is 0 Å². The molecule has 1 unspecified atom stereocenters. The second-order valence-electron chi connectivity index (χ2n) is 4.00. The fraction of sp³-hybridized carbons (Fsp3) is 0.300. The van der Waals surface area contributed by atoms with Gasteiger partial charge in [0.2, 0.25) is 0 Å². The van der Waals surface area contributed by atoms with Crippen molar-refractivity contribution in [2.24, 2.45) is 0 Å². The molecule has 114 valence electrons. The number of aliphatic carboxylic acids is 1. The summed E-state index contributed by atoms with van der Waals surface area (Å²) >= 11 is 11.4. The van der Waals surface area contributed by atoms with Crippen molar-refractivity contribution in [2.45, 2.75) is 16.1 Å². The lowest BCUT2D eigenvalue weighted by molar-refractivity contribution is -0.423. The number of nitrogens with zero attached hydrogens (tertiary/aromatic N) is 2. The Morgan fingerprint density at radius 2 is 1.76 bits per heavy atom. The van der Waals surface area contributed by atoms with Crippen molar-refractivity contribution in [1.29, 1.82) is 0 Å². The van der Waals surface area contributed by atoms with Crippen molar-refractivity contribution in [3.05, 3.63) is 42.9 Å². The number of nitro benzene ring substituents is 2. The van der Waals surface area contributed by atoms with Gasteiger partial charge in [-0.2, -0.15) is 0 Å². The maximum atomic E-state index is 11.2. The van der Waals surface area contributed by atoms with Gasteiger partial charge in [-0.25, -0.2) is 4.79 Å². The molecule has 0 saturated carbocycles. The van der Waals surface area contributed by atoms with Crippen molar-refractivity contribution in [3.8, 4) is 0 Å². The summed E-state index contributed by atoms with van der Waals surface area (Å²) in [5.74, 6) is -2.33. The van der Waals surface area contributed by atoms with E-state index >= 15 is 0 Å². The van der Waals surface area contributed by atoms with Gasteiger partial charge < -0.3 is 5.11 Å². The lowest BCUT2D eigenvalue weighted by Gasteiger charge is -2.23. The molecule has 0 spiro atoms. The van der Waals surface area contributed by atoms with E-state index in [4.69, 9.17) is 16.7 Å². The van der Waals surface area contributed by atoms with E-state index in [1.807, 2.05) is 0 Å². The summed E-state index contributed by atoms with van der Waals surface area (Å²) in [6, 6.07) is 2.31. The number of benzene rings is 1. The largest absolute Gasteiger partial charge is 0.480 e. The fourth-order valence-electron chi connectivity index (χ4n) is 1.67. The van der Waals surface area contributed by atoms with E-state index in [-0.39, 0.29) is 5.56 Å². The van der Waals surface area contributed by atoms with Gasteiger partial charge in [0, 0.05) is 11.5 Å². The van der Waals surface area contributed by atoms with Crippen LogP contribution in [0, 0.1) is 20.2 Å². The molecule has 21 heavy (non-hydrogen) atoms. The van der Waals surface area contributed by atoms with Crippen molar-refractivity contribution < 1.29 is 19.7 Å². The van der Waals surface area contributed by atoms with Crippen LogP contribution in [0.4, 0.5) is 11.4 Å². The maximum Gasteiger partial charge on any atom is 0.364 e. The predicted molar refractivity (Wildman–Crippen MR) is 81.4 cm³/mol. The van der Waals surface area contributed by atoms with Crippen LogP contribution in [0.15, 0.2) is 12.1 Å². The Labute approximate surface area is 139 Å². The zero-order valence-corrected chi connectivity index (χ0v) is 14.2. The molecule has 1 N–H and O–H groups in total. The molecular formula is C10H7Br2ClN2O6. The normalized spacial score (nSPS) is 12.8. The Kier molecular flexibility index (Phi) is 5.29. The molecule has 1 rings (SSSR count). The Bertz CT molecular complexity index is 636. The average molecular weight is 446 g/mol. The topological polar surface area (TPSA) is 124 Å². The van der Waals surface area contributed by atoms with Crippen LogP contribution in [0.2, 0.25) is 5.02 Å². The van der Waals surface area contributed by atoms with E-state index in [1.165, 1.54) is 13.0 Å². The lowest BCUT2D eigenvalue weighted by Crippen LogP contribution is -2.31. The molecule has 1 aromatic carbocycles. The summed E-state index contributed by atoms with van der Waals surface area (Å²) in [5.41, 5.74) is -1.83. The molecule has 0 fully saturated rings. The molecule has 0 aromatic heterocycles. The van der Waals surface area contributed by atoms with Crippen LogP contribution in [0.5, 0.6) is 0 Å². The smallest absolute Gasteiger partial charge is 0.364 e. The summed E-state index contributed by atoms with van der Waals surface area (Å²) in [4.78, 5) is 31.4. The van der Waals surface area contributed by atoms with Crippen molar-refractivity contribution >= 4 is 60.8 Å². The Morgan fingerprint density at radius 1 is 1.29 bits per heavy atom. The number of hydrogen-bond donors (Lipinski definition) is 1. The zero-order chi connectivity index (χ0) is 16.5. The van der Waals surface area contributed by atoms with Crippen LogP contribution in [0.25, 0.3) is 0 Å². The minimum Gasteiger partial charge on any atom is -0.480 e. The second-order valence-corrected chi connectivity index (χ2v) is 7.97. The minimum atomic E-state index is -1.72. The molecular weight excluding hydrogens is 439 g/mol. The van der Waals surface area contributed by atoms with Gasteiger partial charge in [0.05, 0.1) is 9.85 Å². The molecule has 8 nitrogen and oxygen atoms in total. The lowest BCUT2D eigenvalue weighted by atomic mass is 9.95. The zero-order valence-electron chi connectivity index (χ0n) is 10.2. The van der Waals surface area contributed by atoms with Gasteiger partial charge in [0.25, 0.3) is 0 Å². The maximum absolute atomic E-state index is 11.2. The van der Waals surface area contributed by atoms with Crippen LogP contribution in [0.1, 0.15) is 18.4 Å². The SMILES string of the molecule is CC(c1ccc(Cl)c([N+](=O)[O-])c1[N+](=O)[O-])C(Br)(Br)C(=O)O. The highest BCUT2D eigenvalue weighted by Gasteiger charge is 2.44. The standard InChI is InChI=1S/C10H7Br2ClN2O6/c1-4(10(11,12)9(16)17)5-2-3-6(13)8(15(20)21)7(5)14(18)19/h2-4H,1H3,(H,16,17). The van der Waals surface area contributed by atoms with Crippen LogP contribution in [-0.4, -0.2) is 24.2 Å². The molecule has 0 amide bonds. The van der Waals surface area contributed by atoms with Gasteiger partial charge in [-0.15, -0.1) is 0 Å². The first-order valence-electron chi connectivity index (χ1n) is 5.24. The quantitative estimate of drug-likeness (QED) is 0.416. The van der Waals surface area contributed by atoms with E-state index < -0.39 is 41.4 Å². The second kappa shape index (κ2) is 6.24. The number of halogens is 3. The average Bonchev–Trinajstić information content (AvgIpc) is 2.36. The number of nitro groups is 2. The third-order valence-electron chi connectivity index (χ3n) is 2.79. The van der Waals surface area contributed by atoms with Gasteiger partial charge in [-0.05, 0) is 12.1 Å². The number of carbonyl (C=O) groups is 1. The first-order valence-corrected chi connectivity index (χ1v) is 7.20. The molecule has 0 aliphatic rings. The third-order valence-corrected chi connectivity index (χ3v) is 5.15. The Balaban J connectivity index is 3.66. The summed E-state index contributed by atoms with van der Waals surface area (Å²) in [5, 5.41) is 30.9. The molecule has 0 heterocycles. The third kappa shape index (κ3) is 3.33. The van der Waals surface area contributed by atoms with Gasteiger partial charge in [-0.3, -0.25) is 20.2 Å². The Hall–Kier alpha value is -1.26. The number of carboxylic acid groups (broad SMARTS) is 1. The molecule has 0 aliphatic heterocycles. The minimum absolute atomic E-state index is 0.132. The highest BCUT2D eigenvalue weighted by Crippen LogP contribution is 2.47. The van der Waals surface area contributed by atoms with E-state index in [2.05, 4.69) is 31.9 Å². The number of hydrogen-bond acceptors (Lipinski definition) is 5. The van der Waals surface area contributed by atoms with E-state index in [0.29, 0.717) is 0 Å². The van der Waals surface area contributed by atoms with E-state index in [0.717, 1.165) is 6.07 Å². The fourth-order valence-corrected chi connectivity index (χ4v) is 2.38. The molecule has 0 radical (unpaired) electrons. The number of carboxylic acids is 1. The van der Waals surface area contributed by atoms with Crippen molar-refractivity contribution in [1.82, 2.24) is 0 Å².